The molecule has 2 rings (SSSR count). The van der Waals surface area contributed by atoms with Crippen molar-refractivity contribution in [1.29, 1.82) is 0 Å². The summed E-state index contributed by atoms with van der Waals surface area (Å²) in [6.07, 6.45) is 0.269. The van der Waals surface area contributed by atoms with Crippen LogP contribution in [0.5, 0.6) is 17.2 Å². The van der Waals surface area contributed by atoms with Crippen LogP contribution in [0.4, 0.5) is 0 Å². The average Bonchev–Trinajstić information content (AvgIpc) is 2.52. The van der Waals surface area contributed by atoms with Crippen molar-refractivity contribution in [3.05, 3.63) is 40.4 Å². The molecule has 0 saturated carbocycles. The Hall–Kier alpha value is -2.21. The lowest BCUT2D eigenvalue weighted by atomic mass is 9.95. The minimum atomic E-state index is -0.0788. The third-order valence-corrected chi connectivity index (χ3v) is 4.17. The van der Waals surface area contributed by atoms with Crippen molar-refractivity contribution in [2.45, 2.75) is 13.3 Å². The maximum Gasteiger partial charge on any atom is 0.133 e. The molecule has 0 fully saturated rings. The summed E-state index contributed by atoms with van der Waals surface area (Å²) in [5, 5.41) is 32.2. The maximum absolute atomic E-state index is 10.3. The number of oxime groups is 1. The van der Waals surface area contributed by atoms with E-state index in [1.807, 2.05) is 12.1 Å². The molecule has 0 bridgehead atoms. The van der Waals surface area contributed by atoms with E-state index in [0.29, 0.717) is 27.1 Å². The molecule has 5 nitrogen and oxygen atoms in total. The zero-order valence-corrected chi connectivity index (χ0v) is 13.8. The number of hydrogen-bond acceptors (Lipinski definition) is 5. The van der Waals surface area contributed by atoms with Gasteiger partial charge in [-0.15, -0.1) is 0 Å². The van der Waals surface area contributed by atoms with Crippen molar-refractivity contribution in [1.82, 2.24) is 0 Å². The zero-order chi connectivity index (χ0) is 16.3. The monoisotopic (exact) mass is 365 g/mol. The van der Waals surface area contributed by atoms with Crippen molar-refractivity contribution in [3.8, 4) is 28.4 Å². The Labute approximate surface area is 136 Å². The summed E-state index contributed by atoms with van der Waals surface area (Å²) in [5.41, 5.74) is 2.36. The van der Waals surface area contributed by atoms with Gasteiger partial charge in [0.2, 0.25) is 0 Å². The predicted octanol–water partition coefficient (Wildman–Crippen LogP) is 3.93. The molecule has 0 aliphatic heterocycles. The summed E-state index contributed by atoms with van der Waals surface area (Å²) < 4.78 is 5.66. The van der Waals surface area contributed by atoms with Gasteiger partial charge in [0.25, 0.3) is 0 Å². The lowest BCUT2D eigenvalue weighted by Gasteiger charge is -2.15. The summed E-state index contributed by atoms with van der Waals surface area (Å²) in [5.74, 6) is 0.513. The Morgan fingerprint density at radius 1 is 1.23 bits per heavy atom. The van der Waals surface area contributed by atoms with Crippen molar-refractivity contribution < 1.29 is 20.2 Å². The van der Waals surface area contributed by atoms with E-state index in [9.17, 15) is 10.2 Å². The number of aromatic hydroxyl groups is 2. The standard InChI is InChI=1S/C16H16BrNO4/c1-9(18-21)6-12-15(13(19)8-14(20)16(12)17)10-4-3-5-11(7-10)22-2/h3-5,7-8,19-21H,6H2,1-2H3. The third kappa shape index (κ3) is 3.17. The molecule has 0 atom stereocenters. The summed E-state index contributed by atoms with van der Waals surface area (Å²) in [4.78, 5) is 0. The van der Waals surface area contributed by atoms with E-state index >= 15 is 0 Å². The molecule has 2 aromatic rings. The first-order valence-corrected chi connectivity index (χ1v) is 7.32. The molecule has 0 aromatic heterocycles. The Bertz CT molecular complexity index is 728. The molecule has 22 heavy (non-hydrogen) atoms. The van der Waals surface area contributed by atoms with Crippen LogP contribution >= 0.6 is 15.9 Å². The van der Waals surface area contributed by atoms with Crippen molar-refractivity contribution in [2.75, 3.05) is 7.11 Å². The Balaban J connectivity index is 2.70. The molecule has 116 valence electrons. The van der Waals surface area contributed by atoms with E-state index in [2.05, 4.69) is 21.1 Å². The van der Waals surface area contributed by atoms with E-state index in [0.717, 1.165) is 5.56 Å². The normalized spacial score (nSPS) is 11.5. The highest BCUT2D eigenvalue weighted by molar-refractivity contribution is 9.10. The molecule has 0 amide bonds. The van der Waals surface area contributed by atoms with E-state index in [-0.39, 0.29) is 17.9 Å². The summed E-state index contributed by atoms with van der Waals surface area (Å²) in [7, 11) is 1.56. The third-order valence-electron chi connectivity index (χ3n) is 3.28. The van der Waals surface area contributed by atoms with Gasteiger partial charge >= 0.3 is 0 Å². The number of ether oxygens (including phenoxy) is 1. The van der Waals surface area contributed by atoms with Gasteiger partial charge in [-0.1, -0.05) is 17.3 Å². The van der Waals surface area contributed by atoms with Gasteiger partial charge in [0.05, 0.1) is 17.3 Å². The second-order valence-corrected chi connectivity index (χ2v) is 5.62. The molecule has 2 aromatic carbocycles. The van der Waals surface area contributed by atoms with Gasteiger partial charge < -0.3 is 20.2 Å². The fraction of sp³-hybridized carbons (Fsp3) is 0.188. The van der Waals surface area contributed by atoms with Crippen molar-refractivity contribution >= 4 is 21.6 Å². The molecule has 0 radical (unpaired) electrons. The highest BCUT2D eigenvalue weighted by Gasteiger charge is 2.19. The second kappa shape index (κ2) is 6.70. The number of halogens is 1. The van der Waals surface area contributed by atoms with Gasteiger partial charge in [-0.25, -0.2) is 0 Å². The number of methoxy groups -OCH3 is 1. The van der Waals surface area contributed by atoms with E-state index in [1.54, 1.807) is 26.2 Å². The Morgan fingerprint density at radius 3 is 2.59 bits per heavy atom. The largest absolute Gasteiger partial charge is 0.507 e. The fourth-order valence-electron chi connectivity index (χ4n) is 2.24. The van der Waals surface area contributed by atoms with Crippen LogP contribution < -0.4 is 4.74 Å². The van der Waals surface area contributed by atoms with Crippen molar-refractivity contribution in [3.63, 3.8) is 0 Å². The van der Waals surface area contributed by atoms with Crippen LogP contribution in [0.25, 0.3) is 11.1 Å². The summed E-state index contributed by atoms with van der Waals surface area (Å²) in [6, 6.07) is 8.50. The molecule has 0 saturated heterocycles. The summed E-state index contributed by atoms with van der Waals surface area (Å²) >= 11 is 3.33. The quantitative estimate of drug-likeness (QED) is 0.435. The molecule has 6 heteroatoms. The van der Waals surface area contributed by atoms with Crippen LogP contribution in [0.15, 0.2) is 40.0 Å². The first-order valence-electron chi connectivity index (χ1n) is 6.53. The number of nitrogens with zero attached hydrogens (tertiary/aromatic N) is 1. The van der Waals surface area contributed by atoms with E-state index < -0.39 is 0 Å². The highest BCUT2D eigenvalue weighted by Crippen LogP contribution is 2.43. The lowest BCUT2D eigenvalue weighted by molar-refractivity contribution is 0.317. The maximum atomic E-state index is 10.3. The van der Waals surface area contributed by atoms with Gasteiger partial charge in [0.15, 0.2) is 0 Å². The first kappa shape index (κ1) is 16.2. The Kier molecular flexibility index (Phi) is 4.92. The second-order valence-electron chi connectivity index (χ2n) is 4.83. The summed E-state index contributed by atoms with van der Waals surface area (Å²) in [6.45, 7) is 1.66. The van der Waals surface area contributed by atoms with Crippen LogP contribution in [-0.2, 0) is 6.42 Å². The number of benzene rings is 2. The minimum absolute atomic E-state index is 0.0605. The Morgan fingerprint density at radius 2 is 1.95 bits per heavy atom. The molecule has 0 aliphatic carbocycles. The lowest BCUT2D eigenvalue weighted by Crippen LogP contribution is -2.02. The fourth-order valence-corrected chi connectivity index (χ4v) is 2.69. The van der Waals surface area contributed by atoms with Crippen LogP contribution in [0.1, 0.15) is 12.5 Å². The first-order chi connectivity index (χ1) is 10.5. The topological polar surface area (TPSA) is 82.3 Å². The molecular weight excluding hydrogens is 350 g/mol. The van der Waals surface area contributed by atoms with Crippen LogP contribution in [0.2, 0.25) is 0 Å². The number of phenolic OH excluding ortho intramolecular Hbond substituents is 2. The van der Waals surface area contributed by atoms with Crippen LogP contribution in [-0.4, -0.2) is 28.2 Å². The van der Waals surface area contributed by atoms with Gasteiger partial charge in [0, 0.05) is 18.1 Å². The number of phenols is 2. The molecule has 0 heterocycles. The van der Waals surface area contributed by atoms with Gasteiger partial charge in [-0.2, -0.15) is 0 Å². The van der Waals surface area contributed by atoms with E-state index in [4.69, 9.17) is 9.94 Å². The van der Waals surface area contributed by atoms with Crippen molar-refractivity contribution in [2.24, 2.45) is 5.16 Å². The SMILES string of the molecule is COc1cccc(-c2c(O)cc(O)c(Br)c2CC(C)=NO)c1. The molecular formula is C16H16BrNO4. The van der Waals surface area contributed by atoms with Crippen LogP contribution in [0.3, 0.4) is 0 Å². The number of rotatable bonds is 4. The molecule has 3 N–H and O–H groups in total. The van der Waals surface area contributed by atoms with Gasteiger partial charge in [-0.05, 0) is 46.1 Å². The minimum Gasteiger partial charge on any atom is -0.507 e. The molecule has 0 aliphatic rings. The smallest absolute Gasteiger partial charge is 0.133 e. The van der Waals surface area contributed by atoms with Crippen LogP contribution in [0, 0.1) is 0 Å². The van der Waals surface area contributed by atoms with Gasteiger partial charge in [0.1, 0.15) is 17.2 Å². The average molecular weight is 366 g/mol. The van der Waals surface area contributed by atoms with E-state index in [1.165, 1.54) is 6.07 Å². The van der Waals surface area contributed by atoms with Gasteiger partial charge in [-0.3, -0.25) is 0 Å². The number of hydrogen-bond donors (Lipinski definition) is 3. The molecule has 0 spiro atoms. The zero-order valence-electron chi connectivity index (χ0n) is 12.2. The predicted molar refractivity (Wildman–Crippen MR) is 88.1 cm³/mol. The molecule has 0 unspecified atom stereocenters. The highest BCUT2D eigenvalue weighted by atomic mass is 79.9.